The maximum Gasteiger partial charge on any atom is 0.0188 e. The SMILES string of the molecule is IC1=c2ccccc2=CCC1c1ccccc1. The lowest BCUT2D eigenvalue weighted by molar-refractivity contribution is 0.917. The van der Waals surface area contributed by atoms with Gasteiger partial charge in [0, 0.05) is 9.50 Å². The van der Waals surface area contributed by atoms with Crippen molar-refractivity contribution in [1.82, 2.24) is 0 Å². The van der Waals surface area contributed by atoms with Gasteiger partial charge in [-0.1, -0.05) is 60.7 Å². The van der Waals surface area contributed by atoms with Gasteiger partial charge in [0.05, 0.1) is 0 Å². The molecule has 0 N–H and O–H groups in total. The van der Waals surface area contributed by atoms with Gasteiger partial charge in [-0.25, -0.2) is 0 Å². The Morgan fingerprint density at radius 1 is 0.882 bits per heavy atom. The van der Waals surface area contributed by atoms with Crippen LogP contribution >= 0.6 is 22.6 Å². The predicted molar refractivity (Wildman–Crippen MR) is 81.4 cm³/mol. The first kappa shape index (κ1) is 11.0. The third-order valence-corrected chi connectivity index (χ3v) is 4.63. The van der Waals surface area contributed by atoms with Gasteiger partial charge in [0.2, 0.25) is 0 Å². The van der Waals surface area contributed by atoms with Crippen LogP contribution in [0.4, 0.5) is 0 Å². The minimum atomic E-state index is 0.534. The second kappa shape index (κ2) is 4.65. The predicted octanol–water partition coefficient (Wildman–Crippen LogP) is 3.20. The molecule has 0 heterocycles. The summed E-state index contributed by atoms with van der Waals surface area (Å²) in [5, 5.41) is 2.78. The van der Waals surface area contributed by atoms with Crippen LogP contribution in [0.15, 0.2) is 54.6 Å². The van der Waals surface area contributed by atoms with Gasteiger partial charge in [-0.2, -0.15) is 0 Å². The maximum atomic E-state index is 2.51. The quantitative estimate of drug-likeness (QED) is 0.704. The summed E-state index contributed by atoms with van der Waals surface area (Å²) in [5.74, 6) is 0.534. The Kier molecular flexibility index (Phi) is 3.02. The van der Waals surface area contributed by atoms with Crippen molar-refractivity contribution in [3.8, 4) is 0 Å². The van der Waals surface area contributed by atoms with Crippen LogP contribution in [-0.2, 0) is 0 Å². The van der Waals surface area contributed by atoms with E-state index in [1.807, 2.05) is 0 Å². The molecule has 0 aromatic heterocycles. The molecule has 2 aromatic rings. The van der Waals surface area contributed by atoms with E-state index in [2.05, 4.69) is 83.3 Å². The van der Waals surface area contributed by atoms with Crippen LogP contribution in [0, 0.1) is 0 Å². The normalized spacial score (nSPS) is 18.4. The van der Waals surface area contributed by atoms with Gasteiger partial charge in [0.25, 0.3) is 0 Å². The van der Waals surface area contributed by atoms with E-state index in [9.17, 15) is 0 Å². The summed E-state index contributed by atoms with van der Waals surface area (Å²) in [6.07, 6.45) is 3.47. The van der Waals surface area contributed by atoms with Crippen LogP contribution in [0.25, 0.3) is 9.66 Å². The van der Waals surface area contributed by atoms with Gasteiger partial charge < -0.3 is 0 Å². The largest absolute Gasteiger partial charge is 0.0757 e. The molecule has 0 nitrogen and oxygen atoms in total. The summed E-state index contributed by atoms with van der Waals surface area (Å²) in [6.45, 7) is 0. The molecule has 1 heteroatoms. The Labute approximate surface area is 115 Å². The van der Waals surface area contributed by atoms with E-state index in [1.54, 1.807) is 0 Å². The van der Waals surface area contributed by atoms with Crippen molar-refractivity contribution in [1.29, 1.82) is 0 Å². The molecule has 0 amide bonds. The molecule has 2 aromatic carbocycles. The van der Waals surface area contributed by atoms with Gasteiger partial charge in [-0.15, -0.1) is 0 Å². The van der Waals surface area contributed by atoms with Crippen molar-refractivity contribution in [2.75, 3.05) is 0 Å². The van der Waals surface area contributed by atoms with Gasteiger partial charge in [-0.3, -0.25) is 0 Å². The summed E-state index contributed by atoms with van der Waals surface area (Å²) < 4.78 is 1.46. The van der Waals surface area contributed by atoms with Crippen LogP contribution in [0.2, 0.25) is 0 Å². The van der Waals surface area contributed by atoms with Crippen LogP contribution < -0.4 is 10.4 Å². The molecule has 0 spiro atoms. The summed E-state index contributed by atoms with van der Waals surface area (Å²) >= 11 is 2.51. The van der Waals surface area contributed by atoms with Crippen molar-refractivity contribution >= 4 is 32.2 Å². The Balaban J connectivity index is 2.17. The minimum Gasteiger partial charge on any atom is -0.0757 e. The summed E-state index contributed by atoms with van der Waals surface area (Å²) in [5.41, 5.74) is 1.42. The van der Waals surface area contributed by atoms with Gasteiger partial charge in [-0.05, 0) is 45.0 Å². The smallest absolute Gasteiger partial charge is 0.0188 e. The van der Waals surface area contributed by atoms with Gasteiger partial charge in [0.1, 0.15) is 0 Å². The first-order valence-corrected chi connectivity index (χ1v) is 6.94. The zero-order valence-corrected chi connectivity index (χ0v) is 11.6. The average molecular weight is 332 g/mol. The molecule has 0 radical (unpaired) electrons. The Morgan fingerprint density at radius 2 is 1.59 bits per heavy atom. The Hall–Kier alpha value is -1.09. The highest BCUT2D eigenvalue weighted by atomic mass is 127. The molecule has 17 heavy (non-hydrogen) atoms. The van der Waals surface area contributed by atoms with Gasteiger partial charge >= 0.3 is 0 Å². The molecule has 3 rings (SSSR count). The van der Waals surface area contributed by atoms with E-state index in [0.29, 0.717) is 5.92 Å². The molecule has 0 fully saturated rings. The lowest BCUT2D eigenvalue weighted by atomic mass is 9.91. The highest BCUT2D eigenvalue weighted by molar-refractivity contribution is 14.1. The second-order valence-corrected chi connectivity index (χ2v) is 5.50. The number of hydrogen-bond acceptors (Lipinski definition) is 0. The molecular formula is C16H13I. The Bertz CT molecular complexity index is 641. The zero-order valence-electron chi connectivity index (χ0n) is 9.44. The summed E-state index contributed by atoms with van der Waals surface area (Å²) in [7, 11) is 0. The van der Waals surface area contributed by atoms with Crippen molar-refractivity contribution in [2.24, 2.45) is 0 Å². The maximum absolute atomic E-state index is 2.51. The van der Waals surface area contributed by atoms with E-state index in [1.165, 1.54) is 19.6 Å². The highest BCUT2D eigenvalue weighted by Gasteiger charge is 2.16. The lowest BCUT2D eigenvalue weighted by Gasteiger charge is -2.18. The summed E-state index contributed by atoms with van der Waals surface area (Å²) in [6, 6.07) is 19.4. The molecule has 0 saturated carbocycles. The molecule has 1 aliphatic rings. The number of benzene rings is 2. The van der Waals surface area contributed by atoms with Crippen molar-refractivity contribution in [2.45, 2.75) is 12.3 Å². The summed E-state index contributed by atoms with van der Waals surface area (Å²) in [4.78, 5) is 0. The highest BCUT2D eigenvalue weighted by Crippen LogP contribution is 2.33. The molecule has 1 aliphatic carbocycles. The van der Waals surface area contributed by atoms with E-state index in [0.717, 1.165) is 6.42 Å². The third kappa shape index (κ3) is 2.04. The molecular weight excluding hydrogens is 319 g/mol. The second-order valence-electron chi connectivity index (χ2n) is 4.34. The first-order chi connectivity index (χ1) is 8.36. The fourth-order valence-electron chi connectivity index (χ4n) is 2.40. The fraction of sp³-hybridized carbons (Fsp3) is 0.125. The lowest BCUT2D eigenvalue weighted by Crippen LogP contribution is -2.30. The van der Waals surface area contributed by atoms with Crippen LogP contribution in [-0.4, -0.2) is 0 Å². The van der Waals surface area contributed by atoms with Crippen LogP contribution in [0.5, 0.6) is 0 Å². The molecule has 0 bridgehead atoms. The van der Waals surface area contributed by atoms with Crippen molar-refractivity contribution < 1.29 is 0 Å². The van der Waals surface area contributed by atoms with E-state index in [-0.39, 0.29) is 0 Å². The van der Waals surface area contributed by atoms with Gasteiger partial charge in [0.15, 0.2) is 0 Å². The Morgan fingerprint density at radius 3 is 2.41 bits per heavy atom. The zero-order chi connectivity index (χ0) is 11.7. The van der Waals surface area contributed by atoms with E-state index in [4.69, 9.17) is 0 Å². The van der Waals surface area contributed by atoms with Crippen molar-refractivity contribution in [3.63, 3.8) is 0 Å². The standard InChI is InChI=1S/C16H13I/c17-16-14-9-5-4-8-13(14)10-11-15(16)12-6-2-1-3-7-12/h1-10,15H,11H2. The fourth-order valence-corrected chi connectivity index (χ4v) is 3.50. The van der Waals surface area contributed by atoms with Crippen molar-refractivity contribution in [3.05, 3.63) is 70.6 Å². The molecule has 0 aliphatic heterocycles. The third-order valence-electron chi connectivity index (χ3n) is 3.30. The van der Waals surface area contributed by atoms with Crippen LogP contribution in [0.1, 0.15) is 17.9 Å². The van der Waals surface area contributed by atoms with E-state index < -0.39 is 0 Å². The number of fused-ring (bicyclic) bond motifs is 1. The average Bonchev–Trinajstić information content (AvgIpc) is 2.40. The molecule has 84 valence electrons. The number of hydrogen-bond donors (Lipinski definition) is 0. The molecule has 1 atom stereocenters. The van der Waals surface area contributed by atoms with Crippen LogP contribution in [0.3, 0.4) is 0 Å². The molecule has 1 unspecified atom stereocenters. The monoisotopic (exact) mass is 332 g/mol. The van der Waals surface area contributed by atoms with E-state index >= 15 is 0 Å². The molecule has 0 saturated heterocycles. The number of halogens is 1. The minimum absolute atomic E-state index is 0.534. The topological polar surface area (TPSA) is 0 Å². The number of rotatable bonds is 1. The first-order valence-electron chi connectivity index (χ1n) is 5.86.